The van der Waals surface area contributed by atoms with Crippen LogP contribution < -0.4 is 0 Å². The molecule has 0 aromatic carbocycles. The Kier molecular flexibility index (Phi) is 2.58. The zero-order chi connectivity index (χ0) is 10.8. The summed E-state index contributed by atoms with van der Waals surface area (Å²) in [7, 11) is 0. The van der Waals surface area contributed by atoms with Gasteiger partial charge in [0.05, 0.1) is 6.42 Å². The van der Waals surface area contributed by atoms with E-state index in [1.54, 1.807) is 19.3 Å². The van der Waals surface area contributed by atoms with E-state index >= 15 is 0 Å². The Morgan fingerprint density at radius 2 is 1.67 bits per heavy atom. The predicted molar refractivity (Wildman–Crippen MR) is 53.4 cm³/mol. The maximum Gasteiger partial charge on any atom is 0.140 e. The van der Waals surface area contributed by atoms with E-state index in [-0.39, 0.29) is 23.9 Å². The lowest BCUT2D eigenvalue weighted by Crippen LogP contribution is -2.21. The van der Waals surface area contributed by atoms with E-state index in [2.05, 4.69) is 9.97 Å². The number of carbonyl (C=O) groups excluding carboxylic acids is 2. The number of nitrogens with zero attached hydrogens (tertiary/aromatic N) is 2. The van der Waals surface area contributed by atoms with Crippen LogP contribution in [-0.2, 0) is 9.59 Å². The summed E-state index contributed by atoms with van der Waals surface area (Å²) in [5, 5.41) is 0. The van der Waals surface area contributed by atoms with Gasteiger partial charge in [-0.25, -0.2) is 9.97 Å². The number of Topliss-reactive ketones (excluding diaryl/α,β-unsaturated/α-hetero) is 2. The van der Waals surface area contributed by atoms with E-state index in [1.807, 2.05) is 0 Å². The second-order valence-electron chi connectivity index (χ2n) is 3.92. The number of hydrogen-bond donors (Lipinski definition) is 0. The summed E-state index contributed by atoms with van der Waals surface area (Å²) in [6, 6.07) is 0. The first-order chi connectivity index (χ1) is 7.15. The molecule has 4 heteroatoms. The average molecular weight is 204 g/mol. The number of hydrogen-bond acceptors (Lipinski definition) is 4. The molecule has 15 heavy (non-hydrogen) atoms. The topological polar surface area (TPSA) is 59.9 Å². The predicted octanol–water partition coefficient (Wildman–Crippen LogP) is 1.19. The van der Waals surface area contributed by atoms with Crippen LogP contribution in [0.3, 0.4) is 0 Å². The molecule has 4 nitrogen and oxygen atoms in total. The second kappa shape index (κ2) is 3.88. The standard InChI is InChI=1S/C11H12N2O2/c1-7-12-5-9(6-13-7)8-2-10(14)4-11(15)3-8/h5-6,8H,2-4H2,1H3. The van der Waals surface area contributed by atoms with Crippen molar-refractivity contribution in [1.29, 1.82) is 0 Å². The van der Waals surface area contributed by atoms with Gasteiger partial charge in [0.2, 0.25) is 0 Å². The van der Waals surface area contributed by atoms with Gasteiger partial charge in [0, 0.05) is 31.2 Å². The molecule has 1 aliphatic rings. The highest BCUT2D eigenvalue weighted by Crippen LogP contribution is 2.28. The quantitative estimate of drug-likeness (QED) is 0.645. The minimum absolute atomic E-state index is 0.0145. The first-order valence-electron chi connectivity index (χ1n) is 4.97. The fraction of sp³-hybridized carbons (Fsp3) is 0.455. The van der Waals surface area contributed by atoms with Crippen molar-refractivity contribution in [3.8, 4) is 0 Å². The molecular formula is C11H12N2O2. The Morgan fingerprint density at radius 3 is 2.20 bits per heavy atom. The molecule has 0 atom stereocenters. The van der Waals surface area contributed by atoms with Crippen molar-refractivity contribution in [1.82, 2.24) is 9.97 Å². The fourth-order valence-electron chi connectivity index (χ4n) is 1.84. The van der Waals surface area contributed by atoms with Gasteiger partial charge in [0.25, 0.3) is 0 Å². The molecule has 1 fully saturated rings. The molecule has 2 rings (SSSR count). The molecule has 1 aromatic heterocycles. The van der Waals surface area contributed by atoms with Gasteiger partial charge in [-0.2, -0.15) is 0 Å². The van der Waals surface area contributed by atoms with Crippen molar-refractivity contribution in [2.45, 2.75) is 32.1 Å². The summed E-state index contributed by atoms with van der Waals surface area (Å²) in [4.78, 5) is 30.7. The third-order valence-electron chi connectivity index (χ3n) is 2.61. The molecule has 0 radical (unpaired) electrons. The smallest absolute Gasteiger partial charge is 0.140 e. The molecule has 1 aromatic rings. The highest BCUT2D eigenvalue weighted by Gasteiger charge is 2.26. The Hall–Kier alpha value is -1.58. The summed E-state index contributed by atoms with van der Waals surface area (Å²) in [6.45, 7) is 1.81. The number of aromatic nitrogens is 2. The summed E-state index contributed by atoms with van der Waals surface area (Å²) < 4.78 is 0. The Morgan fingerprint density at radius 1 is 1.13 bits per heavy atom. The number of aryl methyl sites for hydroxylation is 1. The Bertz CT molecular complexity index is 382. The third kappa shape index (κ3) is 2.26. The van der Waals surface area contributed by atoms with Gasteiger partial charge in [-0.1, -0.05) is 0 Å². The molecule has 0 spiro atoms. The molecule has 0 amide bonds. The minimum Gasteiger partial charge on any atom is -0.299 e. The molecule has 0 saturated heterocycles. The van der Waals surface area contributed by atoms with Crippen LogP contribution in [0.15, 0.2) is 12.4 Å². The summed E-state index contributed by atoms with van der Waals surface area (Å²) >= 11 is 0. The van der Waals surface area contributed by atoms with Crippen LogP contribution in [0.1, 0.15) is 36.6 Å². The van der Waals surface area contributed by atoms with Gasteiger partial charge >= 0.3 is 0 Å². The number of carbonyl (C=O) groups is 2. The van der Waals surface area contributed by atoms with Crippen molar-refractivity contribution in [3.05, 3.63) is 23.8 Å². The first-order valence-corrected chi connectivity index (χ1v) is 4.97. The lowest BCUT2D eigenvalue weighted by molar-refractivity contribution is -0.130. The van der Waals surface area contributed by atoms with Crippen LogP contribution in [0.4, 0.5) is 0 Å². The van der Waals surface area contributed by atoms with Crippen LogP contribution in [0.25, 0.3) is 0 Å². The van der Waals surface area contributed by atoms with E-state index in [0.29, 0.717) is 18.7 Å². The summed E-state index contributed by atoms with van der Waals surface area (Å²) in [6.07, 6.45) is 4.40. The molecule has 1 saturated carbocycles. The van der Waals surface area contributed by atoms with E-state index in [1.165, 1.54) is 0 Å². The van der Waals surface area contributed by atoms with Crippen LogP contribution in [0, 0.1) is 6.92 Å². The van der Waals surface area contributed by atoms with E-state index in [4.69, 9.17) is 0 Å². The molecule has 78 valence electrons. The van der Waals surface area contributed by atoms with Crippen LogP contribution >= 0.6 is 0 Å². The number of rotatable bonds is 1. The summed E-state index contributed by atoms with van der Waals surface area (Å²) in [5.41, 5.74) is 0.891. The number of ketones is 2. The minimum atomic E-state index is -0.0145. The van der Waals surface area contributed by atoms with E-state index in [9.17, 15) is 9.59 Å². The van der Waals surface area contributed by atoms with E-state index in [0.717, 1.165) is 5.56 Å². The van der Waals surface area contributed by atoms with Gasteiger partial charge in [0.1, 0.15) is 17.4 Å². The molecular weight excluding hydrogens is 192 g/mol. The van der Waals surface area contributed by atoms with Crippen molar-refractivity contribution < 1.29 is 9.59 Å². The normalized spacial score (nSPS) is 18.2. The highest BCUT2D eigenvalue weighted by molar-refractivity contribution is 6.02. The zero-order valence-electron chi connectivity index (χ0n) is 8.56. The first kappa shape index (κ1) is 9.96. The van der Waals surface area contributed by atoms with Crippen LogP contribution in [0.5, 0.6) is 0 Å². The lowest BCUT2D eigenvalue weighted by atomic mass is 9.84. The third-order valence-corrected chi connectivity index (χ3v) is 2.61. The van der Waals surface area contributed by atoms with Gasteiger partial charge in [-0.15, -0.1) is 0 Å². The monoisotopic (exact) mass is 204 g/mol. The van der Waals surface area contributed by atoms with Crippen molar-refractivity contribution >= 4 is 11.6 Å². The van der Waals surface area contributed by atoms with Crippen molar-refractivity contribution in [2.24, 2.45) is 0 Å². The summed E-state index contributed by atoms with van der Waals surface area (Å²) in [5.74, 6) is 0.736. The van der Waals surface area contributed by atoms with Gasteiger partial charge in [-0.3, -0.25) is 9.59 Å². The van der Waals surface area contributed by atoms with Gasteiger partial charge < -0.3 is 0 Å². The van der Waals surface area contributed by atoms with Gasteiger partial charge in [0.15, 0.2) is 0 Å². The average Bonchev–Trinajstić information content (AvgIpc) is 2.17. The molecule has 0 bridgehead atoms. The molecule has 0 N–H and O–H groups in total. The maximum atomic E-state index is 11.3. The second-order valence-corrected chi connectivity index (χ2v) is 3.92. The Labute approximate surface area is 87.7 Å². The highest BCUT2D eigenvalue weighted by atomic mass is 16.1. The van der Waals surface area contributed by atoms with Crippen LogP contribution in [0.2, 0.25) is 0 Å². The molecule has 0 unspecified atom stereocenters. The largest absolute Gasteiger partial charge is 0.299 e. The van der Waals surface area contributed by atoms with Crippen molar-refractivity contribution in [3.63, 3.8) is 0 Å². The van der Waals surface area contributed by atoms with Gasteiger partial charge in [-0.05, 0) is 12.5 Å². The lowest BCUT2D eigenvalue weighted by Gasteiger charge is -2.19. The zero-order valence-corrected chi connectivity index (χ0v) is 8.56. The van der Waals surface area contributed by atoms with E-state index < -0.39 is 0 Å². The molecule has 1 heterocycles. The molecule has 1 aliphatic carbocycles. The Balaban J connectivity index is 2.19. The fourth-order valence-corrected chi connectivity index (χ4v) is 1.84. The SMILES string of the molecule is Cc1ncc(C2CC(=O)CC(=O)C2)cn1. The van der Waals surface area contributed by atoms with Crippen LogP contribution in [-0.4, -0.2) is 21.5 Å². The van der Waals surface area contributed by atoms with Crippen molar-refractivity contribution in [2.75, 3.05) is 0 Å². The molecule has 0 aliphatic heterocycles. The maximum absolute atomic E-state index is 11.3.